The minimum Gasteiger partial charge on any atom is -0.309 e. The molecular formula is C30H21ClN4O3. The number of amides is 1. The van der Waals surface area contributed by atoms with E-state index in [1.807, 2.05) is 91.0 Å². The molecule has 1 N–H and O–H groups in total. The Morgan fingerprint density at radius 3 is 2.16 bits per heavy atom. The van der Waals surface area contributed by atoms with Gasteiger partial charge in [-0.15, -0.1) is 0 Å². The third kappa shape index (κ3) is 5.23. The van der Waals surface area contributed by atoms with Gasteiger partial charge in [-0.3, -0.25) is 14.9 Å². The zero-order chi connectivity index (χ0) is 26.5. The molecule has 0 bridgehead atoms. The average molecular weight is 521 g/mol. The first-order chi connectivity index (χ1) is 18.5. The van der Waals surface area contributed by atoms with Gasteiger partial charge in [-0.1, -0.05) is 78.3 Å². The highest BCUT2D eigenvalue weighted by atomic mass is 35.5. The van der Waals surface area contributed by atoms with E-state index >= 15 is 0 Å². The zero-order valence-corrected chi connectivity index (χ0v) is 20.7. The van der Waals surface area contributed by atoms with Gasteiger partial charge in [0.2, 0.25) is 0 Å². The molecule has 0 saturated carbocycles. The molecule has 0 atom stereocenters. The largest absolute Gasteiger partial charge is 0.309 e. The van der Waals surface area contributed by atoms with E-state index < -0.39 is 10.8 Å². The van der Waals surface area contributed by atoms with Crippen LogP contribution in [0.25, 0.3) is 28.2 Å². The molecule has 0 aliphatic heterocycles. The highest BCUT2D eigenvalue weighted by molar-refractivity contribution is 6.30. The van der Waals surface area contributed by atoms with Crippen molar-refractivity contribution in [2.45, 2.75) is 0 Å². The van der Waals surface area contributed by atoms with Crippen LogP contribution in [0.2, 0.25) is 5.02 Å². The number of carbonyl (C=O) groups excluding carboxylic acids is 1. The molecule has 1 heterocycles. The Bertz CT molecular complexity index is 1630. The van der Waals surface area contributed by atoms with Crippen molar-refractivity contribution in [1.82, 2.24) is 9.99 Å². The van der Waals surface area contributed by atoms with Gasteiger partial charge in [-0.05, 0) is 47.5 Å². The molecule has 1 aromatic heterocycles. The van der Waals surface area contributed by atoms with Crippen LogP contribution in [-0.4, -0.2) is 21.6 Å². The molecule has 0 radical (unpaired) electrons. The Hall–Kier alpha value is -5.01. The fraction of sp³-hybridized carbons (Fsp3) is 0. The lowest BCUT2D eigenvalue weighted by Crippen LogP contribution is -2.17. The monoisotopic (exact) mass is 520 g/mol. The molecule has 38 heavy (non-hydrogen) atoms. The first kappa shape index (κ1) is 24.7. The number of hydrogen-bond donors (Lipinski definition) is 1. The van der Waals surface area contributed by atoms with E-state index in [4.69, 9.17) is 11.6 Å². The number of non-ortho nitro benzene ring substituents is 1. The summed E-state index contributed by atoms with van der Waals surface area (Å²) < 4.78 is 2.13. The smallest absolute Gasteiger partial charge is 0.271 e. The Morgan fingerprint density at radius 1 is 0.842 bits per heavy atom. The van der Waals surface area contributed by atoms with E-state index in [1.54, 1.807) is 6.21 Å². The van der Waals surface area contributed by atoms with Gasteiger partial charge in [0.05, 0.1) is 22.5 Å². The van der Waals surface area contributed by atoms with E-state index in [-0.39, 0.29) is 11.3 Å². The van der Waals surface area contributed by atoms with E-state index in [1.165, 1.54) is 24.3 Å². The molecular weight excluding hydrogens is 500 g/mol. The summed E-state index contributed by atoms with van der Waals surface area (Å²) in [7, 11) is 0. The van der Waals surface area contributed by atoms with Gasteiger partial charge < -0.3 is 4.57 Å². The summed E-state index contributed by atoms with van der Waals surface area (Å²) in [6.07, 6.45) is 1.58. The van der Waals surface area contributed by atoms with Gasteiger partial charge in [0.25, 0.3) is 11.6 Å². The fourth-order valence-electron chi connectivity index (χ4n) is 4.19. The molecule has 0 spiro atoms. The van der Waals surface area contributed by atoms with Crippen LogP contribution in [0.1, 0.15) is 15.9 Å². The summed E-state index contributed by atoms with van der Waals surface area (Å²) in [6, 6.07) is 35.0. The van der Waals surface area contributed by atoms with Crippen LogP contribution in [0.4, 0.5) is 5.69 Å². The van der Waals surface area contributed by atoms with E-state index in [2.05, 4.69) is 15.1 Å². The average Bonchev–Trinajstić information content (AvgIpc) is 3.33. The Balaban J connectivity index is 1.60. The van der Waals surface area contributed by atoms with Crippen molar-refractivity contribution in [3.05, 3.63) is 142 Å². The Kier molecular flexibility index (Phi) is 7.10. The highest BCUT2D eigenvalue weighted by Gasteiger charge is 2.19. The van der Waals surface area contributed by atoms with Crippen LogP contribution in [0.15, 0.2) is 120 Å². The fourth-order valence-corrected chi connectivity index (χ4v) is 4.31. The van der Waals surface area contributed by atoms with Crippen LogP contribution >= 0.6 is 11.6 Å². The molecule has 8 heteroatoms. The number of benzene rings is 4. The second kappa shape index (κ2) is 10.9. The summed E-state index contributed by atoms with van der Waals surface area (Å²) >= 11 is 6.19. The van der Waals surface area contributed by atoms with Crippen LogP contribution in [0.5, 0.6) is 0 Å². The number of nitrogens with one attached hydrogen (secondary N) is 1. The van der Waals surface area contributed by atoms with Crippen molar-refractivity contribution >= 4 is 29.4 Å². The molecule has 186 valence electrons. The van der Waals surface area contributed by atoms with Crippen molar-refractivity contribution < 1.29 is 9.72 Å². The molecule has 0 aliphatic rings. The maximum absolute atomic E-state index is 12.6. The van der Waals surface area contributed by atoms with Crippen molar-refractivity contribution in [2.24, 2.45) is 5.10 Å². The van der Waals surface area contributed by atoms with Gasteiger partial charge in [0, 0.05) is 34.0 Å². The second-order valence-electron chi connectivity index (χ2n) is 8.38. The molecule has 7 nitrogen and oxygen atoms in total. The molecule has 1 amide bonds. The number of nitrogens with zero attached hydrogens (tertiary/aromatic N) is 3. The van der Waals surface area contributed by atoms with E-state index in [0.29, 0.717) is 5.02 Å². The number of rotatable bonds is 7. The Labute approximate surface area is 223 Å². The summed E-state index contributed by atoms with van der Waals surface area (Å²) in [5.41, 5.74) is 7.90. The third-order valence-corrected chi connectivity index (χ3v) is 6.17. The third-order valence-electron chi connectivity index (χ3n) is 5.92. The molecule has 0 unspecified atom stereocenters. The first-order valence-corrected chi connectivity index (χ1v) is 12.1. The van der Waals surface area contributed by atoms with Crippen molar-refractivity contribution in [1.29, 1.82) is 0 Å². The number of hydrazone groups is 1. The molecule has 0 saturated heterocycles. The number of hydrogen-bond acceptors (Lipinski definition) is 4. The lowest BCUT2D eigenvalue weighted by atomic mass is 10.1. The van der Waals surface area contributed by atoms with E-state index in [0.717, 1.165) is 33.8 Å². The summed E-state index contributed by atoms with van der Waals surface area (Å²) in [5, 5.41) is 15.9. The predicted molar refractivity (Wildman–Crippen MR) is 150 cm³/mol. The summed E-state index contributed by atoms with van der Waals surface area (Å²) in [5.74, 6) is -0.549. The van der Waals surface area contributed by atoms with Gasteiger partial charge in [-0.25, -0.2) is 5.43 Å². The highest BCUT2D eigenvalue weighted by Crippen LogP contribution is 2.35. The molecule has 5 rings (SSSR count). The number of halogens is 1. The van der Waals surface area contributed by atoms with Crippen molar-refractivity contribution in [3.63, 3.8) is 0 Å². The summed E-state index contributed by atoms with van der Waals surface area (Å²) in [6.45, 7) is 0. The number of nitro benzene ring substituents is 1. The van der Waals surface area contributed by atoms with Gasteiger partial charge in [0.15, 0.2) is 0 Å². The van der Waals surface area contributed by atoms with Gasteiger partial charge >= 0.3 is 0 Å². The molecule has 0 aliphatic carbocycles. The van der Waals surface area contributed by atoms with Crippen LogP contribution < -0.4 is 5.43 Å². The van der Waals surface area contributed by atoms with Crippen molar-refractivity contribution in [2.75, 3.05) is 0 Å². The minimum atomic E-state index is -0.549. The maximum atomic E-state index is 12.6. The second-order valence-corrected chi connectivity index (χ2v) is 8.82. The summed E-state index contributed by atoms with van der Waals surface area (Å²) in [4.78, 5) is 23.2. The van der Waals surface area contributed by atoms with Crippen molar-refractivity contribution in [3.8, 4) is 28.2 Å². The SMILES string of the molecule is O=C(N/N=C/c1cc(-c2ccccc2)n(-c2ccc(Cl)cc2)c1-c1ccccc1)c1cccc([N+](=O)[O-])c1. The number of nitro groups is 1. The van der Waals surface area contributed by atoms with Crippen LogP contribution in [0.3, 0.4) is 0 Å². The molecule has 4 aromatic carbocycles. The lowest BCUT2D eigenvalue weighted by Gasteiger charge is -2.15. The van der Waals surface area contributed by atoms with Crippen LogP contribution in [-0.2, 0) is 0 Å². The zero-order valence-electron chi connectivity index (χ0n) is 20.0. The van der Waals surface area contributed by atoms with Crippen LogP contribution in [0, 0.1) is 10.1 Å². The van der Waals surface area contributed by atoms with Gasteiger partial charge in [0.1, 0.15) is 0 Å². The maximum Gasteiger partial charge on any atom is 0.271 e. The number of carbonyl (C=O) groups is 1. The number of aromatic nitrogens is 1. The first-order valence-electron chi connectivity index (χ1n) is 11.7. The normalized spacial score (nSPS) is 11.0. The topological polar surface area (TPSA) is 89.5 Å². The van der Waals surface area contributed by atoms with E-state index in [9.17, 15) is 14.9 Å². The standard InChI is InChI=1S/C30H21ClN4O3/c31-25-14-16-26(17-15-25)34-28(21-8-3-1-4-9-21)19-24(29(34)22-10-5-2-6-11-22)20-32-33-30(36)23-12-7-13-27(18-23)35(37)38/h1-20H,(H,33,36)/b32-20+. The quantitative estimate of drug-likeness (QED) is 0.140. The molecule has 0 fully saturated rings. The predicted octanol–water partition coefficient (Wildman–Crippen LogP) is 7.14. The lowest BCUT2D eigenvalue weighted by molar-refractivity contribution is -0.384. The Morgan fingerprint density at radius 2 is 1.50 bits per heavy atom. The molecule has 5 aromatic rings. The van der Waals surface area contributed by atoms with Gasteiger partial charge in [-0.2, -0.15) is 5.10 Å². The minimum absolute atomic E-state index is 0.142.